The molecule has 0 unspecified atom stereocenters. The maximum absolute atomic E-state index is 6.08. The van der Waals surface area contributed by atoms with E-state index in [1.165, 1.54) is 17.5 Å². The maximum atomic E-state index is 6.08. The van der Waals surface area contributed by atoms with Crippen LogP contribution in [-0.2, 0) is 0 Å². The number of aryl methyl sites for hydroxylation is 1. The van der Waals surface area contributed by atoms with Gasteiger partial charge in [0.25, 0.3) is 0 Å². The highest BCUT2D eigenvalue weighted by Gasteiger charge is 2.12. The molecular formula is C13H9Cl2N5S. The normalized spacial score (nSPS) is 10.6. The summed E-state index contributed by atoms with van der Waals surface area (Å²) in [6, 6.07) is 7.72. The Hall–Kier alpha value is -1.76. The second-order valence-electron chi connectivity index (χ2n) is 4.13. The van der Waals surface area contributed by atoms with E-state index >= 15 is 0 Å². The molecule has 3 aromatic rings. The highest BCUT2D eigenvalue weighted by molar-refractivity contribution is 7.14. The van der Waals surface area contributed by atoms with E-state index in [2.05, 4.69) is 25.5 Å². The fourth-order valence-corrected chi connectivity index (χ4v) is 2.75. The van der Waals surface area contributed by atoms with Crippen molar-refractivity contribution in [2.24, 2.45) is 0 Å². The first-order valence-electron chi connectivity index (χ1n) is 5.98. The number of para-hydroxylation sites is 1. The fourth-order valence-electron chi connectivity index (χ4n) is 1.74. The zero-order valence-corrected chi connectivity index (χ0v) is 13.2. The third kappa shape index (κ3) is 3.12. The fraction of sp³-hybridized carbons (Fsp3) is 0.0769. The van der Waals surface area contributed by atoms with Crippen LogP contribution in [-0.4, -0.2) is 20.2 Å². The second kappa shape index (κ2) is 5.93. The molecule has 2 aromatic heterocycles. The summed E-state index contributed by atoms with van der Waals surface area (Å²) in [5.74, 6) is 0.449. The van der Waals surface area contributed by atoms with Crippen LogP contribution in [0.25, 0.3) is 10.6 Å². The summed E-state index contributed by atoms with van der Waals surface area (Å²) < 4.78 is 0. The summed E-state index contributed by atoms with van der Waals surface area (Å²) in [5.41, 5.74) is 1.75. The summed E-state index contributed by atoms with van der Waals surface area (Å²) in [5, 5.41) is 13.6. The predicted molar refractivity (Wildman–Crippen MR) is 85.4 cm³/mol. The van der Waals surface area contributed by atoms with Gasteiger partial charge in [-0.15, -0.1) is 10.2 Å². The van der Waals surface area contributed by atoms with Gasteiger partial charge in [-0.2, -0.15) is 4.98 Å². The van der Waals surface area contributed by atoms with Crippen LogP contribution in [0.5, 0.6) is 0 Å². The Kier molecular flexibility index (Phi) is 4.01. The number of rotatable bonds is 3. The third-order valence-electron chi connectivity index (χ3n) is 2.65. The molecule has 2 heterocycles. The van der Waals surface area contributed by atoms with E-state index in [0.717, 1.165) is 21.3 Å². The van der Waals surface area contributed by atoms with Gasteiger partial charge >= 0.3 is 0 Å². The van der Waals surface area contributed by atoms with Gasteiger partial charge < -0.3 is 5.32 Å². The molecule has 106 valence electrons. The molecule has 0 aliphatic carbocycles. The summed E-state index contributed by atoms with van der Waals surface area (Å²) in [6.45, 7) is 1.91. The van der Waals surface area contributed by atoms with Gasteiger partial charge in [-0.05, 0) is 30.7 Å². The maximum Gasteiger partial charge on any atom is 0.224 e. The molecule has 0 radical (unpaired) electrons. The van der Waals surface area contributed by atoms with Crippen LogP contribution < -0.4 is 5.32 Å². The Labute approximate surface area is 135 Å². The minimum atomic E-state index is 0.131. The summed E-state index contributed by atoms with van der Waals surface area (Å²) >= 11 is 13.4. The van der Waals surface area contributed by atoms with Crippen molar-refractivity contribution in [3.05, 3.63) is 45.8 Å². The lowest BCUT2D eigenvalue weighted by atomic mass is 10.2. The van der Waals surface area contributed by atoms with Crippen molar-refractivity contribution in [1.29, 1.82) is 0 Å². The van der Waals surface area contributed by atoms with Gasteiger partial charge in [0.2, 0.25) is 5.28 Å². The molecule has 21 heavy (non-hydrogen) atoms. The quantitative estimate of drug-likeness (QED) is 0.719. The van der Waals surface area contributed by atoms with Crippen molar-refractivity contribution >= 4 is 46.0 Å². The van der Waals surface area contributed by atoms with E-state index < -0.39 is 0 Å². The molecule has 8 heteroatoms. The van der Waals surface area contributed by atoms with E-state index in [-0.39, 0.29) is 5.28 Å². The number of halogens is 2. The molecule has 0 aliphatic rings. The molecule has 1 N–H and O–H groups in total. The number of nitrogens with zero attached hydrogens (tertiary/aromatic N) is 4. The van der Waals surface area contributed by atoms with E-state index in [9.17, 15) is 0 Å². The van der Waals surface area contributed by atoms with Crippen LogP contribution in [0.2, 0.25) is 10.3 Å². The van der Waals surface area contributed by atoms with Crippen LogP contribution in [0.15, 0.2) is 30.5 Å². The van der Waals surface area contributed by atoms with Gasteiger partial charge in [0.1, 0.15) is 15.0 Å². The highest BCUT2D eigenvalue weighted by atomic mass is 35.5. The first kappa shape index (κ1) is 14.2. The number of aromatic nitrogens is 4. The standard InChI is InChI=1S/C13H9Cl2N5S/c1-7-19-20-12(21-7)8-4-2-3-5-10(8)17-11-9(14)6-16-13(15)18-11/h2-6H,1H3,(H,16,17,18). The van der Waals surface area contributed by atoms with Crippen LogP contribution in [0.4, 0.5) is 11.5 Å². The minimum absolute atomic E-state index is 0.131. The predicted octanol–water partition coefficient (Wildman–Crippen LogP) is 4.35. The summed E-state index contributed by atoms with van der Waals surface area (Å²) in [7, 11) is 0. The SMILES string of the molecule is Cc1nnc(-c2ccccc2Nc2nc(Cl)ncc2Cl)s1. The average molecular weight is 338 g/mol. The van der Waals surface area contributed by atoms with Gasteiger partial charge in [0, 0.05) is 5.56 Å². The molecule has 0 amide bonds. The average Bonchev–Trinajstić information content (AvgIpc) is 2.90. The van der Waals surface area contributed by atoms with Crippen molar-refractivity contribution in [1.82, 2.24) is 20.2 Å². The molecule has 5 nitrogen and oxygen atoms in total. The number of nitrogens with one attached hydrogen (secondary N) is 1. The zero-order chi connectivity index (χ0) is 14.8. The van der Waals surface area contributed by atoms with E-state index in [1.807, 2.05) is 31.2 Å². The number of benzene rings is 1. The second-order valence-corrected chi connectivity index (χ2v) is 6.06. The first-order chi connectivity index (χ1) is 10.1. The van der Waals surface area contributed by atoms with Crippen LogP contribution >= 0.6 is 34.5 Å². The van der Waals surface area contributed by atoms with Crippen LogP contribution in [0, 0.1) is 6.92 Å². The Morgan fingerprint density at radius 1 is 1.14 bits per heavy atom. The lowest BCUT2D eigenvalue weighted by Gasteiger charge is -2.10. The molecule has 3 rings (SSSR count). The number of hydrogen-bond acceptors (Lipinski definition) is 6. The Morgan fingerprint density at radius 3 is 2.71 bits per heavy atom. The van der Waals surface area contributed by atoms with Crippen LogP contribution in [0.3, 0.4) is 0 Å². The zero-order valence-electron chi connectivity index (χ0n) is 10.8. The molecule has 0 bridgehead atoms. The lowest BCUT2D eigenvalue weighted by Crippen LogP contribution is -1.98. The van der Waals surface area contributed by atoms with Crippen molar-refractivity contribution in [3.8, 4) is 10.6 Å². The van der Waals surface area contributed by atoms with Crippen LogP contribution in [0.1, 0.15) is 5.01 Å². The van der Waals surface area contributed by atoms with Gasteiger partial charge in [0.05, 0.1) is 11.9 Å². The van der Waals surface area contributed by atoms with Crippen molar-refractivity contribution in [2.45, 2.75) is 6.92 Å². The molecule has 0 saturated heterocycles. The van der Waals surface area contributed by atoms with Gasteiger partial charge in [-0.25, -0.2) is 4.98 Å². The van der Waals surface area contributed by atoms with Gasteiger partial charge in [-0.1, -0.05) is 35.1 Å². The van der Waals surface area contributed by atoms with Gasteiger partial charge in [-0.3, -0.25) is 0 Å². The minimum Gasteiger partial charge on any atom is -0.338 e. The topological polar surface area (TPSA) is 63.6 Å². The molecule has 1 aromatic carbocycles. The monoisotopic (exact) mass is 337 g/mol. The van der Waals surface area contributed by atoms with E-state index in [0.29, 0.717) is 10.8 Å². The van der Waals surface area contributed by atoms with E-state index in [4.69, 9.17) is 23.2 Å². The largest absolute Gasteiger partial charge is 0.338 e. The number of hydrogen-bond donors (Lipinski definition) is 1. The van der Waals surface area contributed by atoms with Crippen molar-refractivity contribution in [2.75, 3.05) is 5.32 Å². The Balaban J connectivity index is 2.01. The first-order valence-corrected chi connectivity index (χ1v) is 7.55. The molecule has 0 fully saturated rings. The van der Waals surface area contributed by atoms with Gasteiger partial charge in [0.15, 0.2) is 5.82 Å². The Bertz CT molecular complexity index is 790. The van der Waals surface area contributed by atoms with E-state index in [1.54, 1.807) is 0 Å². The molecule has 0 atom stereocenters. The smallest absolute Gasteiger partial charge is 0.224 e. The summed E-state index contributed by atoms with van der Waals surface area (Å²) in [4.78, 5) is 7.91. The van der Waals surface area contributed by atoms with Crippen molar-refractivity contribution in [3.63, 3.8) is 0 Å². The van der Waals surface area contributed by atoms with Crippen molar-refractivity contribution < 1.29 is 0 Å². The molecule has 0 saturated carbocycles. The molecule has 0 spiro atoms. The molecule has 0 aliphatic heterocycles. The molecular weight excluding hydrogens is 329 g/mol. The summed E-state index contributed by atoms with van der Waals surface area (Å²) in [6.07, 6.45) is 1.46. The lowest BCUT2D eigenvalue weighted by molar-refractivity contribution is 1.05. The Morgan fingerprint density at radius 2 is 1.95 bits per heavy atom. The third-order valence-corrected chi connectivity index (χ3v) is 3.98. The number of anilines is 2. The highest BCUT2D eigenvalue weighted by Crippen LogP contribution is 2.33.